The van der Waals surface area contributed by atoms with E-state index < -0.39 is 95.9 Å². The maximum atomic E-state index is 14.4. The molecule has 14 heteroatoms. The van der Waals surface area contributed by atoms with Crippen LogP contribution in [0.4, 0.5) is 4.79 Å². The number of carbonyl (C=O) groups excluding carboxylic acids is 4. The molecule has 1 aromatic rings. The molecule has 56 heavy (non-hydrogen) atoms. The molecule has 316 valence electrons. The lowest BCUT2D eigenvalue weighted by molar-refractivity contribution is -0.302. The molecule has 3 fully saturated rings. The molecule has 1 aromatic carbocycles. The maximum Gasteiger partial charge on any atom is 0.509 e. The number of likely N-dealkylation sites (N-methyl/N-ethyl adjacent to an activating group) is 1. The summed E-state index contributed by atoms with van der Waals surface area (Å²) >= 11 is 0. The quantitative estimate of drug-likeness (QED) is 0.223. The molecule has 0 spiro atoms. The number of ketones is 1. The summed E-state index contributed by atoms with van der Waals surface area (Å²) in [6, 6.07) is 8.64. The number of hydrogen-bond acceptors (Lipinski definition) is 14. The molecule has 15 atom stereocenters. The Morgan fingerprint density at radius 1 is 1.00 bits per heavy atom. The van der Waals surface area contributed by atoms with E-state index in [1.165, 1.54) is 7.11 Å². The average Bonchev–Trinajstić information content (AvgIpc) is 3.48. The fraction of sp³-hybridized carbons (Fsp3) is 0.762. The van der Waals surface area contributed by atoms with E-state index in [1.54, 1.807) is 72.7 Å². The predicted octanol–water partition coefficient (Wildman–Crippen LogP) is 5.42. The van der Waals surface area contributed by atoms with Gasteiger partial charge in [0.25, 0.3) is 0 Å². The van der Waals surface area contributed by atoms with Gasteiger partial charge in [0.1, 0.15) is 24.1 Å². The molecule has 0 bridgehead atoms. The van der Waals surface area contributed by atoms with Gasteiger partial charge in [0, 0.05) is 31.6 Å². The van der Waals surface area contributed by atoms with Crippen LogP contribution in [0.5, 0.6) is 0 Å². The van der Waals surface area contributed by atoms with Gasteiger partial charge in [-0.2, -0.15) is 0 Å². The van der Waals surface area contributed by atoms with E-state index in [2.05, 4.69) is 0 Å². The van der Waals surface area contributed by atoms with Crippen LogP contribution in [0.3, 0.4) is 0 Å². The van der Waals surface area contributed by atoms with Crippen molar-refractivity contribution in [2.75, 3.05) is 27.8 Å². The van der Waals surface area contributed by atoms with Gasteiger partial charge in [-0.15, -0.1) is 0 Å². The SMILES string of the molecule is CCCO[C@@H](C(=O)O[C@@H]1[C@H](C)[C@@H](O[C@@H]2O[C@H](C)C[C@H](N(C)C)[C@H]2O)[C@@](C)(OC)C[C@@H](C)C(=O)[C@H](C)[C@H]2OC(=O)O[C@]2(C)[C@@H](CC)OC(=O)[C@@H]1C)c1ccccc1. The Kier molecular flexibility index (Phi) is 15.5. The normalized spacial score (nSPS) is 39.1. The summed E-state index contributed by atoms with van der Waals surface area (Å²) < 4.78 is 49.3. The van der Waals surface area contributed by atoms with Crippen molar-refractivity contribution in [3.05, 3.63) is 35.9 Å². The Labute approximate surface area is 332 Å². The Morgan fingerprint density at radius 3 is 2.25 bits per heavy atom. The number of fused-ring (bicyclic) bond motifs is 1. The first-order valence-electron chi connectivity index (χ1n) is 20.0. The van der Waals surface area contributed by atoms with E-state index in [0.29, 0.717) is 18.4 Å². The third-order valence-electron chi connectivity index (χ3n) is 12.0. The lowest BCUT2D eigenvalue weighted by Gasteiger charge is -2.48. The molecule has 3 heterocycles. The Hall–Kier alpha value is -3.14. The summed E-state index contributed by atoms with van der Waals surface area (Å²) in [6.07, 6.45) is -7.49. The van der Waals surface area contributed by atoms with E-state index >= 15 is 0 Å². The van der Waals surface area contributed by atoms with Gasteiger partial charge in [-0.1, -0.05) is 65.0 Å². The zero-order valence-corrected chi connectivity index (χ0v) is 35.2. The number of cyclic esters (lactones) is 1. The number of Topliss-reactive ketones (excluding diaryl/α,β-unsaturated/α-hetero) is 1. The van der Waals surface area contributed by atoms with Gasteiger partial charge in [-0.05, 0) is 73.0 Å². The van der Waals surface area contributed by atoms with Crippen molar-refractivity contribution < 1.29 is 62.2 Å². The lowest BCUT2D eigenvalue weighted by Crippen LogP contribution is -2.60. The Morgan fingerprint density at radius 2 is 1.66 bits per heavy atom. The molecule has 0 saturated carbocycles. The monoisotopic (exact) mass is 791 g/mol. The molecule has 0 radical (unpaired) electrons. The van der Waals surface area contributed by atoms with Crippen molar-refractivity contribution in [2.24, 2.45) is 23.7 Å². The number of rotatable bonds is 11. The number of ether oxygens (including phenoxy) is 8. The molecule has 1 N–H and O–H groups in total. The van der Waals surface area contributed by atoms with Crippen LogP contribution in [0.15, 0.2) is 30.3 Å². The highest BCUT2D eigenvalue weighted by Crippen LogP contribution is 2.43. The molecular formula is C42H65NO13. The van der Waals surface area contributed by atoms with Gasteiger partial charge in [0.15, 0.2) is 24.1 Å². The highest BCUT2D eigenvalue weighted by atomic mass is 16.8. The summed E-state index contributed by atoms with van der Waals surface area (Å²) in [5.41, 5.74) is -2.24. The first kappa shape index (κ1) is 45.6. The summed E-state index contributed by atoms with van der Waals surface area (Å²) in [6.45, 7) is 16.1. The van der Waals surface area contributed by atoms with Crippen molar-refractivity contribution in [1.82, 2.24) is 4.90 Å². The number of hydrogen-bond donors (Lipinski definition) is 1. The molecule has 0 unspecified atom stereocenters. The lowest BCUT2D eigenvalue weighted by atomic mass is 9.74. The van der Waals surface area contributed by atoms with Crippen LogP contribution in [0.2, 0.25) is 0 Å². The van der Waals surface area contributed by atoms with Gasteiger partial charge in [0.05, 0.1) is 29.6 Å². The number of benzene rings is 1. The van der Waals surface area contributed by atoms with Crippen LogP contribution < -0.4 is 0 Å². The van der Waals surface area contributed by atoms with Crippen LogP contribution in [0.25, 0.3) is 0 Å². The smallest absolute Gasteiger partial charge is 0.459 e. The van der Waals surface area contributed by atoms with Crippen LogP contribution >= 0.6 is 0 Å². The van der Waals surface area contributed by atoms with E-state index in [0.717, 1.165) is 0 Å². The van der Waals surface area contributed by atoms with E-state index in [4.69, 9.17) is 37.9 Å². The summed E-state index contributed by atoms with van der Waals surface area (Å²) in [5.74, 6) is -5.22. The van der Waals surface area contributed by atoms with Gasteiger partial charge in [0.2, 0.25) is 0 Å². The van der Waals surface area contributed by atoms with Crippen LogP contribution in [0.1, 0.15) is 99.7 Å². The molecule has 3 aliphatic rings. The fourth-order valence-electron chi connectivity index (χ4n) is 8.76. The van der Waals surface area contributed by atoms with Crippen LogP contribution in [-0.2, 0) is 52.3 Å². The third-order valence-corrected chi connectivity index (χ3v) is 12.0. The summed E-state index contributed by atoms with van der Waals surface area (Å²) in [7, 11) is 5.23. The minimum Gasteiger partial charge on any atom is -0.459 e. The highest BCUT2D eigenvalue weighted by Gasteiger charge is 2.59. The number of aliphatic hydroxyl groups is 1. The van der Waals surface area contributed by atoms with Crippen LogP contribution in [0, 0.1) is 23.7 Å². The Balaban J connectivity index is 1.89. The van der Waals surface area contributed by atoms with Crippen molar-refractivity contribution in [3.8, 4) is 0 Å². The highest BCUT2D eigenvalue weighted by molar-refractivity contribution is 5.84. The zero-order valence-electron chi connectivity index (χ0n) is 35.2. The van der Waals surface area contributed by atoms with Crippen molar-refractivity contribution >= 4 is 23.9 Å². The number of aliphatic hydroxyl groups excluding tert-OH is 1. The largest absolute Gasteiger partial charge is 0.509 e. The number of esters is 2. The molecular weight excluding hydrogens is 726 g/mol. The van der Waals surface area contributed by atoms with Crippen molar-refractivity contribution in [2.45, 2.75) is 154 Å². The minimum atomic E-state index is -1.51. The predicted molar refractivity (Wildman–Crippen MR) is 204 cm³/mol. The molecule has 0 amide bonds. The van der Waals surface area contributed by atoms with Crippen molar-refractivity contribution in [1.29, 1.82) is 0 Å². The van der Waals surface area contributed by atoms with Crippen molar-refractivity contribution in [3.63, 3.8) is 0 Å². The summed E-state index contributed by atoms with van der Waals surface area (Å²) in [4.78, 5) is 57.7. The first-order valence-corrected chi connectivity index (χ1v) is 20.0. The minimum absolute atomic E-state index is 0.0956. The second kappa shape index (κ2) is 19.1. The van der Waals surface area contributed by atoms with Crippen LogP contribution in [-0.4, -0.2) is 122 Å². The second-order valence-electron chi connectivity index (χ2n) is 16.6. The molecule has 3 saturated heterocycles. The number of nitrogens with zero attached hydrogens (tertiary/aromatic N) is 1. The summed E-state index contributed by atoms with van der Waals surface area (Å²) in [5, 5.41) is 11.6. The second-order valence-corrected chi connectivity index (χ2v) is 16.6. The fourth-order valence-corrected chi connectivity index (χ4v) is 8.76. The maximum absolute atomic E-state index is 14.4. The van der Waals surface area contributed by atoms with Gasteiger partial charge in [-0.3, -0.25) is 9.59 Å². The standard InChI is InChI=1S/C42H65NO13/c1-13-20-50-34(28-18-16-15-17-19-28)38(47)53-33-26(6)35(54-39-32(45)29(43(10)11)21-24(4)51-39)41(8,49-12)22-23(3)31(44)25(5)36-42(9,56-40(48)55-36)30(14-2)52-37(46)27(33)7/h15-19,23-27,29-30,32-36,39,45H,13-14,20-22H2,1-12H3/t23-,24-,25+,26+,27-,29+,30-,32-,33-,34-,35-,36-,39+,41+,42-/m1/s1. The Bertz CT molecular complexity index is 1490. The molecule has 0 aliphatic carbocycles. The molecule has 0 aromatic heterocycles. The molecule has 14 nitrogen and oxygen atoms in total. The average molecular weight is 792 g/mol. The van der Waals surface area contributed by atoms with Gasteiger partial charge in [-0.25, -0.2) is 9.59 Å². The zero-order chi connectivity index (χ0) is 41.7. The van der Waals surface area contributed by atoms with Gasteiger partial charge < -0.3 is 47.9 Å². The first-order chi connectivity index (χ1) is 26.3. The van der Waals surface area contributed by atoms with E-state index in [-0.39, 0.29) is 37.4 Å². The third kappa shape index (κ3) is 9.75. The van der Waals surface area contributed by atoms with E-state index in [9.17, 15) is 24.3 Å². The molecule has 4 rings (SSSR count). The molecule has 3 aliphatic heterocycles. The number of methoxy groups -OCH3 is 1. The van der Waals surface area contributed by atoms with Gasteiger partial charge >= 0.3 is 18.1 Å². The number of carbonyl (C=O) groups is 4. The topological polar surface area (TPSA) is 166 Å². The van der Waals surface area contributed by atoms with E-state index in [1.807, 2.05) is 38.9 Å².